The first kappa shape index (κ1) is 48.0. The lowest BCUT2D eigenvalue weighted by molar-refractivity contribution is 0.0731. The summed E-state index contributed by atoms with van der Waals surface area (Å²) >= 11 is 12.7. The lowest BCUT2D eigenvalue weighted by Crippen LogP contribution is -2.14. The molecule has 6 aromatic carbocycles. The Balaban J connectivity index is 0.751. The molecule has 0 aliphatic carbocycles. The molecule has 74 heavy (non-hydrogen) atoms. The number of halogens is 2. The number of carbonyl (C=O) groups is 4. The highest BCUT2D eigenvalue weighted by molar-refractivity contribution is 6.31. The van der Waals surface area contributed by atoms with Gasteiger partial charge in [-0.2, -0.15) is 0 Å². The minimum absolute atomic E-state index is 0.0757. The van der Waals surface area contributed by atoms with Gasteiger partial charge in [-0.25, -0.2) is 9.59 Å². The van der Waals surface area contributed by atoms with Gasteiger partial charge >= 0.3 is 11.9 Å². The second-order valence-electron chi connectivity index (χ2n) is 16.7. The largest absolute Gasteiger partial charge is 0.423 e. The van der Waals surface area contributed by atoms with E-state index >= 15 is 0 Å². The Bertz CT molecular complexity index is 3450. The number of benzene rings is 6. The van der Waals surface area contributed by atoms with Crippen LogP contribution in [0.1, 0.15) is 41.4 Å². The van der Waals surface area contributed by atoms with Crippen molar-refractivity contribution in [2.24, 2.45) is 0 Å². The normalized spacial score (nSPS) is 10.8. The average molecular weight is 1010 g/mol. The molecule has 0 atom stereocenters. The predicted molar refractivity (Wildman–Crippen MR) is 286 cm³/mol. The zero-order chi connectivity index (χ0) is 51.0. The maximum Gasteiger partial charge on any atom is 0.345 e. The van der Waals surface area contributed by atoms with Crippen LogP contribution in [-0.4, -0.2) is 43.7 Å². The zero-order valence-electron chi connectivity index (χ0n) is 38.8. The van der Waals surface area contributed by atoms with Crippen LogP contribution >= 0.6 is 23.2 Å². The van der Waals surface area contributed by atoms with Crippen molar-refractivity contribution in [3.63, 3.8) is 0 Å². The Kier molecular flexibility index (Phi) is 14.1. The van der Waals surface area contributed by atoms with Gasteiger partial charge in [0, 0.05) is 74.5 Å². The maximum atomic E-state index is 13.4. The van der Waals surface area contributed by atoms with Crippen LogP contribution in [0.2, 0.25) is 10.0 Å². The number of carbonyl (C=O) groups excluding carboxylic acids is 4. The first-order chi connectivity index (χ1) is 36.1. The van der Waals surface area contributed by atoms with Gasteiger partial charge in [0.05, 0.1) is 45.0 Å². The van der Waals surface area contributed by atoms with Crippen LogP contribution in [0.5, 0.6) is 11.5 Å². The summed E-state index contributed by atoms with van der Waals surface area (Å²) in [5.74, 6) is -1.97. The van der Waals surface area contributed by atoms with E-state index in [-0.39, 0.29) is 33.6 Å². The van der Waals surface area contributed by atoms with Crippen molar-refractivity contribution in [3.8, 4) is 67.7 Å². The summed E-state index contributed by atoms with van der Waals surface area (Å²) in [4.78, 5) is 70.7. The molecule has 0 aliphatic heterocycles. The summed E-state index contributed by atoms with van der Waals surface area (Å²) in [5, 5.41) is 6.19. The van der Waals surface area contributed by atoms with Gasteiger partial charge in [-0.1, -0.05) is 120 Å². The third-order valence-electron chi connectivity index (χ3n) is 11.5. The molecule has 0 saturated carbocycles. The van der Waals surface area contributed by atoms with E-state index in [0.717, 1.165) is 39.1 Å². The Morgan fingerprint density at radius 2 is 0.689 bits per heavy atom. The summed E-state index contributed by atoms with van der Waals surface area (Å²) in [5.41, 5.74) is 9.94. The number of nitrogens with zero attached hydrogens (tertiary/aromatic N) is 4. The van der Waals surface area contributed by atoms with Crippen LogP contribution in [-0.2, 0) is 0 Å². The topological polar surface area (TPSA) is 162 Å². The van der Waals surface area contributed by atoms with Crippen LogP contribution in [0.15, 0.2) is 219 Å². The minimum atomic E-state index is -0.685. The number of nitrogens with one attached hydrogen (secondary N) is 2. The first-order valence-corrected chi connectivity index (χ1v) is 23.7. The third kappa shape index (κ3) is 11.6. The number of hydrogen-bond donors (Lipinski definition) is 2. The Labute approximate surface area is 434 Å². The molecule has 4 aromatic heterocycles. The number of pyridine rings is 4. The quantitative estimate of drug-likeness (QED) is 0.0840. The molecule has 0 radical (unpaired) electrons. The molecule has 2 amide bonds. The van der Waals surface area contributed by atoms with Crippen molar-refractivity contribution < 1.29 is 28.7 Å². The van der Waals surface area contributed by atoms with Crippen molar-refractivity contribution >= 4 is 58.3 Å². The molecule has 358 valence electrons. The van der Waals surface area contributed by atoms with Gasteiger partial charge in [-0.05, 0) is 102 Å². The molecule has 0 unspecified atom stereocenters. The van der Waals surface area contributed by atoms with Crippen molar-refractivity contribution in [2.75, 3.05) is 10.6 Å². The molecule has 4 heterocycles. The monoisotopic (exact) mass is 1010 g/mol. The lowest BCUT2D eigenvalue weighted by atomic mass is 9.98. The van der Waals surface area contributed by atoms with Gasteiger partial charge < -0.3 is 20.1 Å². The van der Waals surface area contributed by atoms with Crippen LogP contribution < -0.4 is 20.1 Å². The number of anilines is 2. The van der Waals surface area contributed by atoms with Crippen LogP contribution in [0.4, 0.5) is 11.4 Å². The summed E-state index contributed by atoms with van der Waals surface area (Å²) in [6.45, 7) is 0. The van der Waals surface area contributed by atoms with Gasteiger partial charge in [0.2, 0.25) is 0 Å². The molecular formula is C60H38Cl2N6O6. The molecule has 0 bridgehead atoms. The van der Waals surface area contributed by atoms with Crippen LogP contribution in [0, 0.1) is 0 Å². The molecule has 0 fully saturated rings. The standard InChI is InChI=1S/C60H38Cl2N6O6/c61-47-27-49(67-57(69)43-17-21-53(63-33-43)37-9-3-1-4-10-37)31-50(28-47)68-58(70)44-18-22-55(64-34-44)41-15-7-13-39(25-41)40-14-8-16-42(26-40)56-24-20-46(36-66-56)60(72)74-52-30-48(62)29-51(32-52)73-59(71)45-19-23-54(65-35-45)38-11-5-2-6-12-38/h1-36H,(H,67,69)(H,68,70). The summed E-state index contributed by atoms with van der Waals surface area (Å²) in [7, 11) is 0. The first-order valence-electron chi connectivity index (χ1n) is 22.9. The van der Waals surface area contributed by atoms with E-state index in [1.807, 2.05) is 109 Å². The molecule has 10 rings (SSSR count). The minimum Gasteiger partial charge on any atom is -0.423 e. The lowest BCUT2D eigenvalue weighted by Gasteiger charge is -2.11. The van der Waals surface area contributed by atoms with Gasteiger partial charge in [0.25, 0.3) is 11.8 Å². The molecule has 12 nitrogen and oxygen atoms in total. The van der Waals surface area contributed by atoms with E-state index in [4.69, 9.17) is 32.7 Å². The van der Waals surface area contributed by atoms with Crippen LogP contribution in [0.3, 0.4) is 0 Å². The number of amides is 2. The number of rotatable bonds is 13. The van der Waals surface area contributed by atoms with Crippen molar-refractivity contribution in [3.05, 3.63) is 251 Å². The van der Waals surface area contributed by atoms with Crippen molar-refractivity contribution in [1.82, 2.24) is 19.9 Å². The number of esters is 2. The van der Waals surface area contributed by atoms with E-state index in [1.165, 1.54) is 43.0 Å². The molecule has 0 saturated heterocycles. The zero-order valence-corrected chi connectivity index (χ0v) is 40.3. The fourth-order valence-corrected chi connectivity index (χ4v) is 8.28. The smallest absolute Gasteiger partial charge is 0.345 e. The fraction of sp³-hybridized carbons (Fsp3) is 0. The summed E-state index contributed by atoms with van der Waals surface area (Å²) < 4.78 is 11.2. The number of hydrogen-bond acceptors (Lipinski definition) is 10. The Morgan fingerprint density at radius 1 is 0.338 bits per heavy atom. The van der Waals surface area contributed by atoms with E-state index in [2.05, 4.69) is 30.6 Å². The van der Waals surface area contributed by atoms with Gasteiger partial charge in [-0.15, -0.1) is 0 Å². The SMILES string of the molecule is O=C(Nc1cc(Cl)cc(NC(=O)c2ccc(-c3cccc(-c4cccc(-c5ccc(C(=O)Oc6cc(Cl)cc(OC(=O)c7ccc(-c8ccccc8)nc7)c6)cn5)c4)c3)nc2)c1)c1ccc(-c2ccccc2)nc1. The van der Waals surface area contributed by atoms with E-state index in [9.17, 15) is 19.2 Å². The Morgan fingerprint density at radius 3 is 1.08 bits per heavy atom. The fourth-order valence-electron chi connectivity index (χ4n) is 7.83. The summed E-state index contributed by atoms with van der Waals surface area (Å²) in [6, 6.07) is 57.6. The highest BCUT2D eigenvalue weighted by Crippen LogP contribution is 2.31. The molecular weight excluding hydrogens is 972 g/mol. The molecule has 14 heteroatoms. The second-order valence-corrected chi connectivity index (χ2v) is 17.5. The van der Waals surface area contributed by atoms with E-state index in [1.54, 1.807) is 66.7 Å². The predicted octanol–water partition coefficient (Wildman–Crippen LogP) is 13.9. The molecule has 2 N–H and O–H groups in total. The molecule has 0 aliphatic rings. The van der Waals surface area contributed by atoms with E-state index in [0.29, 0.717) is 44.6 Å². The van der Waals surface area contributed by atoms with Crippen molar-refractivity contribution in [2.45, 2.75) is 0 Å². The second kappa shape index (κ2) is 21.8. The number of ether oxygens (including phenoxy) is 2. The van der Waals surface area contributed by atoms with Gasteiger partial charge in [0.1, 0.15) is 11.5 Å². The number of aromatic nitrogens is 4. The van der Waals surface area contributed by atoms with Gasteiger partial charge in [0.15, 0.2) is 0 Å². The Hall–Kier alpha value is -9.62. The van der Waals surface area contributed by atoms with Crippen LogP contribution in [0.25, 0.3) is 56.2 Å². The highest BCUT2D eigenvalue weighted by atomic mass is 35.5. The highest BCUT2D eigenvalue weighted by Gasteiger charge is 2.17. The summed E-state index contributed by atoms with van der Waals surface area (Å²) in [6.07, 6.45) is 5.87. The molecule has 10 aromatic rings. The van der Waals surface area contributed by atoms with E-state index < -0.39 is 17.8 Å². The molecule has 0 spiro atoms. The third-order valence-corrected chi connectivity index (χ3v) is 12.0. The van der Waals surface area contributed by atoms with Crippen molar-refractivity contribution in [1.29, 1.82) is 0 Å². The average Bonchev–Trinajstić information content (AvgIpc) is 3.43. The van der Waals surface area contributed by atoms with Gasteiger partial charge in [-0.3, -0.25) is 29.5 Å². The maximum absolute atomic E-state index is 13.4.